The number of carbonyl (C=O) groups is 2. The van der Waals surface area contributed by atoms with E-state index in [1.165, 1.54) is 0 Å². The van der Waals surface area contributed by atoms with E-state index in [4.69, 9.17) is 28.4 Å². The molecule has 9 heteroatoms. The summed E-state index contributed by atoms with van der Waals surface area (Å²) in [5.74, 6) is 0.117. The highest BCUT2D eigenvalue weighted by molar-refractivity contribution is 5.79. The van der Waals surface area contributed by atoms with Gasteiger partial charge in [0.15, 0.2) is 5.78 Å². The molecule has 0 aromatic carbocycles. The fourth-order valence-corrected chi connectivity index (χ4v) is 1.84. The lowest BCUT2D eigenvalue weighted by molar-refractivity contribution is -0.124. The standard InChI is InChI=1S/C20H39NO8.C2H6/c1-4-19(22)17-29-16-15-28-14-13-27-12-11-26-10-9-25-8-7-24-6-5-21-20(23)18(2)3;1-2/h18H,4-17H2,1-3H3,(H,21,23);1-2H3. The zero-order valence-corrected chi connectivity index (χ0v) is 20.2. The van der Waals surface area contributed by atoms with Crippen LogP contribution in [-0.4, -0.2) is 97.5 Å². The summed E-state index contributed by atoms with van der Waals surface area (Å²) in [4.78, 5) is 22.3. The van der Waals surface area contributed by atoms with Crippen LogP contribution in [0.2, 0.25) is 0 Å². The van der Waals surface area contributed by atoms with Crippen LogP contribution in [0.15, 0.2) is 0 Å². The van der Waals surface area contributed by atoms with Crippen molar-refractivity contribution in [3.8, 4) is 0 Å². The Morgan fingerprint density at radius 1 is 0.645 bits per heavy atom. The number of carbonyl (C=O) groups excluding carboxylic acids is 2. The second-order valence-corrected chi connectivity index (χ2v) is 6.45. The molecule has 1 amide bonds. The van der Waals surface area contributed by atoms with Crippen LogP contribution in [0.3, 0.4) is 0 Å². The summed E-state index contributed by atoms with van der Waals surface area (Å²) < 4.78 is 32.0. The maximum absolute atomic E-state index is 11.3. The van der Waals surface area contributed by atoms with Gasteiger partial charge >= 0.3 is 0 Å². The summed E-state index contributed by atoms with van der Waals surface area (Å²) in [7, 11) is 0. The highest BCUT2D eigenvalue weighted by Gasteiger charge is 2.04. The zero-order valence-electron chi connectivity index (χ0n) is 20.2. The molecule has 0 aliphatic heterocycles. The van der Waals surface area contributed by atoms with Crippen molar-refractivity contribution in [3.63, 3.8) is 0 Å². The van der Waals surface area contributed by atoms with Crippen molar-refractivity contribution in [1.82, 2.24) is 5.32 Å². The predicted octanol–water partition coefficient (Wildman–Crippen LogP) is 1.86. The molecule has 0 aliphatic rings. The van der Waals surface area contributed by atoms with Gasteiger partial charge in [0.25, 0.3) is 0 Å². The van der Waals surface area contributed by atoms with Crippen LogP contribution in [0.25, 0.3) is 0 Å². The van der Waals surface area contributed by atoms with Gasteiger partial charge in [-0.2, -0.15) is 0 Å². The second-order valence-electron chi connectivity index (χ2n) is 6.45. The Balaban J connectivity index is 0. The SMILES string of the molecule is CC.CCC(=O)COCCOCCOCCOCCOCCOCCNC(=O)C(C)C. The van der Waals surface area contributed by atoms with E-state index in [0.29, 0.717) is 85.6 Å². The Morgan fingerprint density at radius 3 is 1.35 bits per heavy atom. The van der Waals surface area contributed by atoms with E-state index in [1.807, 2.05) is 34.6 Å². The Kier molecular flexibility index (Phi) is 27.9. The summed E-state index contributed by atoms with van der Waals surface area (Å²) in [6, 6.07) is 0. The third-order valence-corrected chi connectivity index (χ3v) is 3.59. The lowest BCUT2D eigenvalue weighted by Gasteiger charge is -2.09. The van der Waals surface area contributed by atoms with Crippen molar-refractivity contribution >= 4 is 11.7 Å². The molecule has 31 heavy (non-hydrogen) atoms. The number of hydrogen-bond donors (Lipinski definition) is 1. The molecule has 9 nitrogen and oxygen atoms in total. The monoisotopic (exact) mass is 451 g/mol. The summed E-state index contributed by atoms with van der Waals surface area (Å²) >= 11 is 0. The van der Waals surface area contributed by atoms with E-state index in [-0.39, 0.29) is 24.2 Å². The maximum Gasteiger partial charge on any atom is 0.222 e. The minimum atomic E-state index is -0.00805. The highest BCUT2D eigenvalue weighted by atomic mass is 16.6. The first-order valence-electron chi connectivity index (χ1n) is 11.3. The molecule has 0 unspecified atom stereocenters. The summed E-state index contributed by atoms with van der Waals surface area (Å²) in [5, 5.41) is 2.78. The lowest BCUT2D eigenvalue weighted by Crippen LogP contribution is -2.31. The quantitative estimate of drug-likeness (QED) is 0.249. The molecule has 0 aromatic rings. The third-order valence-electron chi connectivity index (χ3n) is 3.59. The number of Topliss-reactive ketones (excluding diaryl/α,β-unsaturated/α-hetero) is 1. The number of rotatable bonds is 22. The van der Waals surface area contributed by atoms with Crippen molar-refractivity contribution in [2.24, 2.45) is 5.92 Å². The van der Waals surface area contributed by atoms with Crippen molar-refractivity contribution < 1.29 is 38.0 Å². The highest BCUT2D eigenvalue weighted by Crippen LogP contribution is 1.90. The smallest absolute Gasteiger partial charge is 0.222 e. The first-order valence-corrected chi connectivity index (χ1v) is 11.3. The van der Waals surface area contributed by atoms with Gasteiger partial charge in [0.05, 0.1) is 72.7 Å². The number of ether oxygens (including phenoxy) is 6. The van der Waals surface area contributed by atoms with E-state index in [2.05, 4.69) is 5.32 Å². The fourth-order valence-electron chi connectivity index (χ4n) is 1.84. The van der Waals surface area contributed by atoms with Crippen LogP contribution in [0.1, 0.15) is 41.0 Å². The molecule has 186 valence electrons. The molecule has 0 spiro atoms. The minimum Gasteiger partial charge on any atom is -0.377 e. The van der Waals surface area contributed by atoms with E-state index < -0.39 is 0 Å². The molecule has 0 saturated carbocycles. The van der Waals surface area contributed by atoms with E-state index in [0.717, 1.165) is 0 Å². The van der Waals surface area contributed by atoms with E-state index in [9.17, 15) is 9.59 Å². The molecule has 0 rings (SSSR count). The second kappa shape index (κ2) is 26.9. The van der Waals surface area contributed by atoms with Gasteiger partial charge in [-0.25, -0.2) is 0 Å². The van der Waals surface area contributed by atoms with Crippen molar-refractivity contribution in [2.45, 2.75) is 41.0 Å². The van der Waals surface area contributed by atoms with Crippen LogP contribution in [0.5, 0.6) is 0 Å². The molecule has 0 radical (unpaired) electrons. The average molecular weight is 452 g/mol. The van der Waals surface area contributed by atoms with Crippen LogP contribution in [-0.2, 0) is 38.0 Å². The Labute approximate surface area is 188 Å². The van der Waals surface area contributed by atoms with Gasteiger partial charge in [-0.05, 0) is 0 Å². The average Bonchev–Trinajstić information content (AvgIpc) is 2.78. The molecule has 0 saturated heterocycles. The normalized spacial score (nSPS) is 10.6. The number of amides is 1. The van der Waals surface area contributed by atoms with Crippen LogP contribution in [0, 0.1) is 5.92 Å². The third kappa shape index (κ3) is 26.9. The molecule has 0 atom stereocenters. The van der Waals surface area contributed by atoms with Gasteiger partial charge in [0.2, 0.25) is 5.91 Å². The number of nitrogens with one attached hydrogen (secondary N) is 1. The van der Waals surface area contributed by atoms with Crippen LogP contribution < -0.4 is 5.32 Å². The van der Waals surface area contributed by atoms with Gasteiger partial charge in [-0.3, -0.25) is 9.59 Å². The van der Waals surface area contributed by atoms with E-state index >= 15 is 0 Å². The summed E-state index contributed by atoms with van der Waals surface area (Å²) in [6.07, 6.45) is 0.498. The Morgan fingerprint density at radius 2 is 1.00 bits per heavy atom. The van der Waals surface area contributed by atoms with E-state index in [1.54, 1.807) is 0 Å². The molecule has 0 heterocycles. The topological polar surface area (TPSA) is 102 Å². The molecule has 1 N–H and O–H groups in total. The van der Waals surface area contributed by atoms with Gasteiger partial charge in [-0.1, -0.05) is 34.6 Å². The van der Waals surface area contributed by atoms with Crippen molar-refractivity contribution in [1.29, 1.82) is 0 Å². The van der Waals surface area contributed by atoms with Gasteiger partial charge < -0.3 is 33.7 Å². The predicted molar refractivity (Wildman–Crippen MR) is 119 cm³/mol. The molecule has 0 aliphatic carbocycles. The summed E-state index contributed by atoms with van der Waals surface area (Å²) in [6.45, 7) is 15.5. The lowest BCUT2D eigenvalue weighted by atomic mass is 10.2. The first-order chi connectivity index (χ1) is 15.1. The van der Waals surface area contributed by atoms with Crippen LogP contribution >= 0.6 is 0 Å². The molecule has 0 fully saturated rings. The largest absolute Gasteiger partial charge is 0.377 e. The maximum atomic E-state index is 11.3. The van der Waals surface area contributed by atoms with Gasteiger partial charge in [0.1, 0.15) is 6.61 Å². The van der Waals surface area contributed by atoms with Gasteiger partial charge in [0, 0.05) is 18.9 Å². The fraction of sp³-hybridized carbons (Fsp3) is 0.909. The number of ketones is 1. The van der Waals surface area contributed by atoms with Crippen LogP contribution in [0.4, 0.5) is 0 Å². The molecule has 0 aromatic heterocycles. The van der Waals surface area contributed by atoms with Crippen molar-refractivity contribution in [2.75, 3.05) is 85.8 Å². The van der Waals surface area contributed by atoms with Gasteiger partial charge in [-0.15, -0.1) is 0 Å². The zero-order chi connectivity index (χ0) is 23.6. The summed E-state index contributed by atoms with van der Waals surface area (Å²) in [5.41, 5.74) is 0. The molecular formula is C22H45NO8. The minimum absolute atomic E-state index is 0.00805. The molecule has 0 bridgehead atoms. The molecular weight excluding hydrogens is 406 g/mol. The Hall–Kier alpha value is -1.10. The van der Waals surface area contributed by atoms with Crippen molar-refractivity contribution in [3.05, 3.63) is 0 Å². The Bertz CT molecular complexity index is 394. The first kappa shape index (κ1) is 32.1. The number of hydrogen-bond acceptors (Lipinski definition) is 8.